The molecular weight excluding hydrogens is 242 g/mol. The highest BCUT2D eigenvalue weighted by molar-refractivity contribution is 7.80. The van der Waals surface area contributed by atoms with E-state index in [-0.39, 0.29) is 0 Å². The van der Waals surface area contributed by atoms with Gasteiger partial charge in [-0.05, 0) is 30.2 Å². The monoisotopic (exact) mass is 257 g/mol. The molecular formula is C15H15NOS. The van der Waals surface area contributed by atoms with Crippen LogP contribution in [0.2, 0.25) is 0 Å². The summed E-state index contributed by atoms with van der Waals surface area (Å²) in [7, 11) is 0. The normalized spacial score (nSPS) is 10.1. The number of benzene rings is 2. The summed E-state index contributed by atoms with van der Waals surface area (Å²) in [6, 6.07) is 15.8. The van der Waals surface area contributed by atoms with Gasteiger partial charge in [-0.15, -0.1) is 0 Å². The minimum absolute atomic E-state index is 0.416. The summed E-state index contributed by atoms with van der Waals surface area (Å²) in [6.45, 7) is 2.64. The van der Waals surface area contributed by atoms with Gasteiger partial charge >= 0.3 is 0 Å². The molecule has 18 heavy (non-hydrogen) atoms. The van der Waals surface area contributed by atoms with Gasteiger partial charge in [0, 0.05) is 5.56 Å². The van der Waals surface area contributed by atoms with Crippen LogP contribution in [0.25, 0.3) is 11.1 Å². The van der Waals surface area contributed by atoms with Crippen molar-refractivity contribution in [1.29, 1.82) is 0 Å². The van der Waals surface area contributed by atoms with E-state index in [4.69, 9.17) is 22.7 Å². The largest absolute Gasteiger partial charge is 0.494 e. The van der Waals surface area contributed by atoms with Crippen LogP contribution in [-0.4, -0.2) is 11.6 Å². The van der Waals surface area contributed by atoms with Gasteiger partial charge < -0.3 is 10.5 Å². The van der Waals surface area contributed by atoms with Crippen LogP contribution in [-0.2, 0) is 0 Å². The minimum atomic E-state index is 0.416. The molecule has 0 aromatic heterocycles. The Morgan fingerprint density at radius 3 is 2.39 bits per heavy atom. The van der Waals surface area contributed by atoms with Crippen LogP contribution in [0.1, 0.15) is 12.5 Å². The Morgan fingerprint density at radius 1 is 1.11 bits per heavy atom. The van der Waals surface area contributed by atoms with Crippen molar-refractivity contribution in [2.24, 2.45) is 5.73 Å². The van der Waals surface area contributed by atoms with Crippen molar-refractivity contribution in [1.82, 2.24) is 0 Å². The molecule has 0 amide bonds. The topological polar surface area (TPSA) is 35.2 Å². The maximum atomic E-state index is 5.74. The van der Waals surface area contributed by atoms with Gasteiger partial charge in [-0.2, -0.15) is 0 Å². The van der Waals surface area contributed by atoms with Crippen LogP contribution in [0, 0.1) is 0 Å². The lowest BCUT2D eigenvalue weighted by Gasteiger charge is -2.09. The third-order valence-electron chi connectivity index (χ3n) is 2.67. The van der Waals surface area contributed by atoms with Crippen molar-refractivity contribution in [2.45, 2.75) is 6.92 Å². The van der Waals surface area contributed by atoms with Crippen LogP contribution < -0.4 is 10.5 Å². The van der Waals surface area contributed by atoms with E-state index in [0.717, 1.165) is 22.4 Å². The summed E-state index contributed by atoms with van der Waals surface area (Å²) in [5, 5.41) is 0. The molecule has 2 aromatic carbocycles. The highest BCUT2D eigenvalue weighted by Crippen LogP contribution is 2.25. The first kappa shape index (κ1) is 12.6. The Hall–Kier alpha value is -1.87. The standard InChI is InChI=1S/C15H15NOS/c1-2-17-12-9-7-11(8-10-12)13-5-3-4-6-14(13)15(16)18/h3-10H,2H2,1H3,(H2,16,18). The Bertz CT molecular complexity index is 549. The number of rotatable bonds is 4. The molecule has 0 aliphatic rings. The highest BCUT2D eigenvalue weighted by atomic mass is 32.1. The molecule has 0 fully saturated rings. The molecule has 3 heteroatoms. The van der Waals surface area contributed by atoms with E-state index >= 15 is 0 Å². The van der Waals surface area contributed by atoms with Crippen molar-refractivity contribution in [3.8, 4) is 16.9 Å². The van der Waals surface area contributed by atoms with E-state index in [2.05, 4.69) is 0 Å². The maximum absolute atomic E-state index is 5.74. The third-order valence-corrected chi connectivity index (χ3v) is 2.89. The summed E-state index contributed by atoms with van der Waals surface area (Å²) in [5.74, 6) is 0.869. The second-order valence-electron chi connectivity index (χ2n) is 3.87. The summed E-state index contributed by atoms with van der Waals surface area (Å²) in [4.78, 5) is 0.416. The number of nitrogens with two attached hydrogens (primary N) is 1. The zero-order valence-electron chi connectivity index (χ0n) is 10.2. The van der Waals surface area contributed by atoms with Gasteiger partial charge in [-0.25, -0.2) is 0 Å². The fraction of sp³-hybridized carbons (Fsp3) is 0.133. The van der Waals surface area contributed by atoms with E-state index < -0.39 is 0 Å². The molecule has 0 radical (unpaired) electrons. The van der Waals surface area contributed by atoms with Gasteiger partial charge in [0.05, 0.1) is 6.61 Å². The third kappa shape index (κ3) is 2.68. The predicted octanol–water partition coefficient (Wildman–Crippen LogP) is 3.39. The molecule has 0 atom stereocenters. The molecule has 0 spiro atoms. The Balaban J connectivity index is 2.39. The average molecular weight is 257 g/mol. The lowest BCUT2D eigenvalue weighted by molar-refractivity contribution is 0.340. The number of thiocarbonyl (C=S) groups is 1. The lowest BCUT2D eigenvalue weighted by atomic mass is 10.00. The molecule has 0 saturated carbocycles. The maximum Gasteiger partial charge on any atom is 0.119 e. The van der Waals surface area contributed by atoms with Gasteiger partial charge in [0.15, 0.2) is 0 Å². The summed E-state index contributed by atoms with van der Waals surface area (Å²) in [5.41, 5.74) is 8.77. The molecule has 2 rings (SSSR count). The first-order valence-corrected chi connectivity index (χ1v) is 6.25. The molecule has 0 unspecified atom stereocenters. The fourth-order valence-electron chi connectivity index (χ4n) is 1.85. The SMILES string of the molecule is CCOc1ccc(-c2ccccc2C(N)=S)cc1. The number of ether oxygens (including phenoxy) is 1. The van der Waals surface area contributed by atoms with Crippen LogP contribution in [0.15, 0.2) is 48.5 Å². The number of hydrogen-bond acceptors (Lipinski definition) is 2. The van der Waals surface area contributed by atoms with E-state index in [1.807, 2.05) is 55.5 Å². The summed E-state index contributed by atoms with van der Waals surface area (Å²) < 4.78 is 5.42. The molecule has 2 nitrogen and oxygen atoms in total. The zero-order valence-corrected chi connectivity index (χ0v) is 11.0. The quantitative estimate of drug-likeness (QED) is 0.853. The van der Waals surface area contributed by atoms with Crippen molar-refractivity contribution in [2.75, 3.05) is 6.61 Å². The smallest absolute Gasteiger partial charge is 0.119 e. The molecule has 0 aliphatic carbocycles. The van der Waals surface area contributed by atoms with Crippen LogP contribution in [0.3, 0.4) is 0 Å². The van der Waals surface area contributed by atoms with E-state index in [0.29, 0.717) is 11.6 Å². The van der Waals surface area contributed by atoms with Crippen molar-refractivity contribution < 1.29 is 4.74 Å². The summed E-state index contributed by atoms with van der Waals surface area (Å²) >= 11 is 5.07. The highest BCUT2D eigenvalue weighted by Gasteiger charge is 2.06. The Morgan fingerprint density at radius 2 is 1.78 bits per heavy atom. The number of hydrogen-bond donors (Lipinski definition) is 1. The first-order valence-electron chi connectivity index (χ1n) is 5.84. The van der Waals surface area contributed by atoms with Crippen molar-refractivity contribution in [3.63, 3.8) is 0 Å². The van der Waals surface area contributed by atoms with Gasteiger partial charge in [0.2, 0.25) is 0 Å². The van der Waals surface area contributed by atoms with Gasteiger partial charge in [0.1, 0.15) is 10.7 Å². The molecule has 0 aliphatic heterocycles. The van der Waals surface area contributed by atoms with Crippen LogP contribution in [0.5, 0.6) is 5.75 Å². The molecule has 0 bridgehead atoms. The van der Waals surface area contributed by atoms with Crippen LogP contribution >= 0.6 is 12.2 Å². The summed E-state index contributed by atoms with van der Waals surface area (Å²) in [6.07, 6.45) is 0. The average Bonchev–Trinajstić information content (AvgIpc) is 2.40. The molecule has 92 valence electrons. The lowest BCUT2D eigenvalue weighted by Crippen LogP contribution is -2.10. The minimum Gasteiger partial charge on any atom is -0.494 e. The fourth-order valence-corrected chi connectivity index (χ4v) is 2.03. The van der Waals surface area contributed by atoms with E-state index in [1.54, 1.807) is 0 Å². The first-order chi connectivity index (χ1) is 8.72. The predicted molar refractivity (Wildman–Crippen MR) is 78.9 cm³/mol. The van der Waals surface area contributed by atoms with Gasteiger partial charge in [-0.3, -0.25) is 0 Å². The van der Waals surface area contributed by atoms with Crippen LogP contribution in [0.4, 0.5) is 0 Å². The van der Waals surface area contributed by atoms with E-state index in [1.165, 1.54) is 0 Å². The van der Waals surface area contributed by atoms with Gasteiger partial charge in [-0.1, -0.05) is 48.6 Å². The Labute approximate surface area is 112 Å². The molecule has 0 saturated heterocycles. The van der Waals surface area contributed by atoms with Crippen molar-refractivity contribution >= 4 is 17.2 Å². The van der Waals surface area contributed by atoms with E-state index in [9.17, 15) is 0 Å². The Kier molecular flexibility index (Phi) is 3.95. The van der Waals surface area contributed by atoms with Crippen molar-refractivity contribution in [3.05, 3.63) is 54.1 Å². The molecule has 0 heterocycles. The van der Waals surface area contributed by atoms with Gasteiger partial charge in [0.25, 0.3) is 0 Å². The second-order valence-corrected chi connectivity index (χ2v) is 4.31. The zero-order chi connectivity index (χ0) is 13.0. The molecule has 2 aromatic rings. The molecule has 2 N–H and O–H groups in total. The second kappa shape index (κ2) is 5.65.